The highest BCUT2D eigenvalue weighted by molar-refractivity contribution is 5.31. The van der Waals surface area contributed by atoms with Crippen LogP contribution < -0.4 is 4.90 Å². The summed E-state index contributed by atoms with van der Waals surface area (Å²) in [4.78, 5) is 10.9. The van der Waals surface area contributed by atoms with Gasteiger partial charge in [-0.05, 0) is 50.0 Å². The largest absolute Gasteiger partial charge is 0.393 e. The maximum atomic E-state index is 14.7. The molecule has 3 aliphatic rings. The van der Waals surface area contributed by atoms with E-state index in [1.165, 1.54) is 4.68 Å². The summed E-state index contributed by atoms with van der Waals surface area (Å²) >= 11 is 0. The van der Waals surface area contributed by atoms with Crippen LogP contribution in [0.1, 0.15) is 48.2 Å². The van der Waals surface area contributed by atoms with Crippen LogP contribution in [0.15, 0.2) is 16.7 Å². The highest BCUT2D eigenvalue weighted by atomic mass is 19.4. The number of aromatic nitrogens is 5. The molecular formula is C24H24F6N6O. The van der Waals surface area contributed by atoms with Crippen molar-refractivity contribution < 1.29 is 30.9 Å². The Morgan fingerprint density at radius 2 is 1.73 bits per heavy atom. The molecule has 1 saturated heterocycles. The summed E-state index contributed by atoms with van der Waals surface area (Å²) in [5, 5.41) is 8.25. The maximum Gasteiger partial charge on any atom is 0.393 e. The van der Waals surface area contributed by atoms with Crippen molar-refractivity contribution in [2.75, 3.05) is 18.0 Å². The Balaban J connectivity index is 1.28. The second-order valence-electron chi connectivity index (χ2n) is 10.4. The van der Waals surface area contributed by atoms with Crippen molar-refractivity contribution in [3.05, 3.63) is 52.6 Å². The predicted molar refractivity (Wildman–Crippen MR) is 117 cm³/mol. The predicted octanol–water partition coefficient (Wildman–Crippen LogP) is 4.81. The smallest absolute Gasteiger partial charge is 0.324 e. The first-order valence-corrected chi connectivity index (χ1v) is 12.3. The van der Waals surface area contributed by atoms with E-state index in [9.17, 15) is 26.3 Å². The molecule has 2 bridgehead atoms. The van der Waals surface area contributed by atoms with Gasteiger partial charge >= 0.3 is 12.2 Å². The molecule has 1 saturated carbocycles. The monoisotopic (exact) mass is 526 g/mol. The first kappa shape index (κ1) is 24.2. The molecule has 1 aromatic carbocycles. The van der Waals surface area contributed by atoms with Crippen LogP contribution in [-0.4, -0.2) is 44.2 Å². The summed E-state index contributed by atoms with van der Waals surface area (Å²) in [5.41, 5.74) is -0.351. The lowest BCUT2D eigenvalue weighted by Gasteiger charge is -2.36. The van der Waals surface area contributed by atoms with Crippen LogP contribution in [0.3, 0.4) is 0 Å². The van der Waals surface area contributed by atoms with Gasteiger partial charge in [-0.3, -0.25) is 0 Å². The number of hydrogen-bond donors (Lipinski definition) is 0. The van der Waals surface area contributed by atoms with E-state index < -0.39 is 48.4 Å². The van der Waals surface area contributed by atoms with Crippen LogP contribution >= 0.6 is 0 Å². The van der Waals surface area contributed by atoms with Crippen molar-refractivity contribution in [3.8, 4) is 0 Å². The van der Waals surface area contributed by atoms with Gasteiger partial charge in [0.05, 0.1) is 12.5 Å². The molecule has 0 amide bonds. The average molecular weight is 526 g/mol. The van der Waals surface area contributed by atoms with E-state index in [0.29, 0.717) is 35.9 Å². The van der Waals surface area contributed by atoms with Gasteiger partial charge in [0, 0.05) is 31.0 Å². The minimum absolute atomic E-state index is 0.145. The fraction of sp³-hybridized carbons (Fsp3) is 0.583. The van der Waals surface area contributed by atoms with Crippen LogP contribution in [0.2, 0.25) is 0 Å². The van der Waals surface area contributed by atoms with Gasteiger partial charge in [-0.1, -0.05) is 11.2 Å². The van der Waals surface area contributed by atoms with E-state index in [-0.39, 0.29) is 17.3 Å². The topological polar surface area (TPSA) is 72.9 Å². The quantitative estimate of drug-likeness (QED) is 0.359. The standard InChI is InChI=1S/C24H24F6N6O/c1-11-31-23(37-34-11)35-8-12-2-3-13(9-35)16(12)7-19-32-22-17(15-4-5-18(25)21(27)20(15)26)6-14(24(28,29)30)10-36(22)33-19/h4-5,12-14,16-17H,2-3,6-10H2,1H3/t12-,13+,14?,16?,17?. The molecule has 13 heteroatoms. The normalized spacial score (nSPS) is 27.5. The molecule has 198 valence electrons. The lowest BCUT2D eigenvalue weighted by Crippen LogP contribution is -2.43. The molecule has 37 heavy (non-hydrogen) atoms. The minimum Gasteiger partial charge on any atom is -0.324 e. The Bertz CT molecular complexity index is 1310. The Kier molecular flexibility index (Phi) is 5.72. The zero-order chi connectivity index (χ0) is 26.1. The van der Waals surface area contributed by atoms with Gasteiger partial charge in [0.2, 0.25) is 0 Å². The van der Waals surface area contributed by atoms with Gasteiger partial charge in [0.25, 0.3) is 0 Å². The van der Waals surface area contributed by atoms with Gasteiger partial charge in [-0.2, -0.15) is 23.3 Å². The first-order chi connectivity index (χ1) is 17.6. The summed E-state index contributed by atoms with van der Waals surface area (Å²) in [7, 11) is 0. The molecule has 5 atom stereocenters. The number of benzene rings is 1. The highest BCUT2D eigenvalue weighted by Crippen LogP contribution is 2.46. The molecule has 6 rings (SSSR count). The third-order valence-corrected chi connectivity index (χ3v) is 8.11. The van der Waals surface area contributed by atoms with E-state index in [2.05, 4.69) is 25.1 Å². The summed E-state index contributed by atoms with van der Waals surface area (Å²) in [5.74, 6) is -5.71. The van der Waals surface area contributed by atoms with Crippen molar-refractivity contribution in [1.29, 1.82) is 0 Å². The third-order valence-electron chi connectivity index (χ3n) is 8.11. The van der Waals surface area contributed by atoms with E-state index in [1.807, 2.05) is 0 Å². The lowest BCUT2D eigenvalue weighted by atomic mass is 9.82. The molecular weight excluding hydrogens is 502 g/mol. The number of alkyl halides is 3. The maximum absolute atomic E-state index is 14.7. The van der Waals surface area contributed by atoms with Crippen LogP contribution in [0.25, 0.3) is 0 Å². The Labute approximate surface area is 207 Å². The number of nitrogens with zero attached hydrogens (tertiary/aromatic N) is 6. The molecule has 4 heterocycles. The third kappa shape index (κ3) is 4.25. The van der Waals surface area contributed by atoms with E-state index >= 15 is 0 Å². The van der Waals surface area contributed by atoms with E-state index in [0.717, 1.165) is 38.1 Å². The molecule has 0 spiro atoms. The van der Waals surface area contributed by atoms with Crippen molar-refractivity contribution in [2.45, 2.75) is 51.2 Å². The summed E-state index contributed by atoms with van der Waals surface area (Å²) in [6.45, 7) is 2.74. The molecule has 2 aliphatic heterocycles. The lowest BCUT2D eigenvalue weighted by molar-refractivity contribution is -0.184. The number of rotatable bonds is 4. The van der Waals surface area contributed by atoms with Crippen LogP contribution in [-0.2, 0) is 13.0 Å². The number of fused-ring (bicyclic) bond motifs is 3. The molecule has 2 fully saturated rings. The Morgan fingerprint density at radius 1 is 1.00 bits per heavy atom. The second-order valence-corrected chi connectivity index (χ2v) is 10.4. The molecule has 0 radical (unpaired) electrons. The number of aryl methyl sites for hydroxylation is 1. The first-order valence-electron chi connectivity index (χ1n) is 12.3. The van der Waals surface area contributed by atoms with Crippen LogP contribution in [0.5, 0.6) is 0 Å². The average Bonchev–Trinajstić information content (AvgIpc) is 3.52. The summed E-state index contributed by atoms with van der Waals surface area (Å²) < 4.78 is 89.8. The Hall–Kier alpha value is -3.12. The van der Waals surface area contributed by atoms with Gasteiger partial charge < -0.3 is 9.42 Å². The molecule has 3 unspecified atom stereocenters. The number of halogens is 6. The van der Waals surface area contributed by atoms with Crippen molar-refractivity contribution >= 4 is 6.01 Å². The fourth-order valence-corrected chi connectivity index (χ4v) is 6.32. The summed E-state index contributed by atoms with van der Waals surface area (Å²) in [6, 6.07) is 2.20. The molecule has 2 aromatic heterocycles. The zero-order valence-electron chi connectivity index (χ0n) is 19.9. The SMILES string of the molecule is Cc1noc(N2C[C@H]3CC[C@@H](C2)C3Cc2nc3n(n2)CC(C(F)(F)F)CC3c2ccc(F)c(F)c2F)n1. The molecule has 3 aromatic rings. The number of hydrogen-bond acceptors (Lipinski definition) is 6. The van der Waals surface area contributed by atoms with Crippen LogP contribution in [0.4, 0.5) is 32.4 Å². The fourth-order valence-electron chi connectivity index (χ4n) is 6.32. The number of anilines is 1. The highest BCUT2D eigenvalue weighted by Gasteiger charge is 2.47. The van der Waals surface area contributed by atoms with Gasteiger partial charge in [-0.15, -0.1) is 0 Å². The zero-order valence-corrected chi connectivity index (χ0v) is 19.9. The Morgan fingerprint density at radius 3 is 2.38 bits per heavy atom. The van der Waals surface area contributed by atoms with Gasteiger partial charge in [-0.25, -0.2) is 22.8 Å². The number of piperidine rings is 1. The minimum atomic E-state index is -4.56. The molecule has 1 aliphatic carbocycles. The van der Waals surface area contributed by atoms with Crippen molar-refractivity contribution in [3.63, 3.8) is 0 Å². The van der Waals surface area contributed by atoms with Crippen molar-refractivity contribution in [2.24, 2.45) is 23.7 Å². The van der Waals surface area contributed by atoms with Gasteiger partial charge in [0.1, 0.15) is 5.82 Å². The van der Waals surface area contributed by atoms with Gasteiger partial charge in [0.15, 0.2) is 29.1 Å². The van der Waals surface area contributed by atoms with E-state index in [1.54, 1.807) is 6.92 Å². The molecule has 7 nitrogen and oxygen atoms in total. The van der Waals surface area contributed by atoms with Crippen molar-refractivity contribution in [1.82, 2.24) is 24.9 Å². The molecule has 0 N–H and O–H groups in total. The summed E-state index contributed by atoms with van der Waals surface area (Å²) in [6.07, 6.45) is -2.63. The van der Waals surface area contributed by atoms with E-state index in [4.69, 9.17) is 4.52 Å². The second kappa shape index (κ2) is 8.73. The van der Waals surface area contributed by atoms with Crippen LogP contribution in [0, 0.1) is 48.0 Å².